The standard InChI is InChI=1S/C15H15ClN2O2S/c16-12-4-6-13(7-5-12)21(19,20)18-15-3-1-2-11-10-17-9-8-14(11)15/h1-7,17-18H,8-10H2. The van der Waals surface area contributed by atoms with E-state index in [1.807, 2.05) is 12.1 Å². The number of sulfonamides is 1. The van der Waals surface area contributed by atoms with Gasteiger partial charge in [-0.3, -0.25) is 4.72 Å². The number of rotatable bonds is 3. The monoisotopic (exact) mass is 322 g/mol. The lowest BCUT2D eigenvalue weighted by molar-refractivity contribution is 0.600. The van der Waals surface area contributed by atoms with Crippen LogP contribution in [0.15, 0.2) is 47.4 Å². The van der Waals surface area contributed by atoms with Crippen LogP contribution in [0.1, 0.15) is 11.1 Å². The highest BCUT2D eigenvalue weighted by atomic mass is 35.5. The molecule has 0 radical (unpaired) electrons. The molecule has 0 saturated carbocycles. The van der Waals surface area contributed by atoms with E-state index >= 15 is 0 Å². The number of anilines is 1. The molecule has 0 fully saturated rings. The topological polar surface area (TPSA) is 58.2 Å². The minimum Gasteiger partial charge on any atom is -0.312 e. The van der Waals surface area contributed by atoms with Gasteiger partial charge in [-0.05, 0) is 54.4 Å². The number of hydrogen-bond acceptors (Lipinski definition) is 3. The van der Waals surface area contributed by atoms with Gasteiger partial charge in [0.05, 0.1) is 10.6 Å². The van der Waals surface area contributed by atoms with E-state index in [0.717, 1.165) is 30.6 Å². The van der Waals surface area contributed by atoms with Crippen LogP contribution in [0.3, 0.4) is 0 Å². The molecule has 2 aromatic rings. The van der Waals surface area contributed by atoms with E-state index in [9.17, 15) is 8.42 Å². The molecule has 0 atom stereocenters. The summed E-state index contributed by atoms with van der Waals surface area (Å²) in [6, 6.07) is 11.8. The van der Waals surface area contributed by atoms with E-state index in [-0.39, 0.29) is 4.90 Å². The van der Waals surface area contributed by atoms with Crippen molar-refractivity contribution in [3.8, 4) is 0 Å². The number of hydrogen-bond donors (Lipinski definition) is 2. The molecule has 21 heavy (non-hydrogen) atoms. The highest BCUT2D eigenvalue weighted by molar-refractivity contribution is 7.92. The Balaban J connectivity index is 1.94. The van der Waals surface area contributed by atoms with Crippen LogP contribution in [0.5, 0.6) is 0 Å². The molecular formula is C15H15ClN2O2S. The van der Waals surface area contributed by atoms with Crippen molar-refractivity contribution in [2.75, 3.05) is 11.3 Å². The smallest absolute Gasteiger partial charge is 0.261 e. The predicted octanol–water partition coefficient (Wildman–Crippen LogP) is 2.79. The van der Waals surface area contributed by atoms with Gasteiger partial charge in [0.25, 0.3) is 10.0 Å². The van der Waals surface area contributed by atoms with Crippen molar-refractivity contribution in [1.29, 1.82) is 0 Å². The van der Waals surface area contributed by atoms with Crippen LogP contribution in [0.25, 0.3) is 0 Å². The maximum atomic E-state index is 12.4. The molecular weight excluding hydrogens is 308 g/mol. The highest BCUT2D eigenvalue weighted by Crippen LogP contribution is 2.26. The molecule has 0 bridgehead atoms. The first kappa shape index (κ1) is 14.4. The molecule has 0 aromatic heterocycles. The summed E-state index contributed by atoms with van der Waals surface area (Å²) in [5, 5.41) is 3.79. The molecule has 0 spiro atoms. The fraction of sp³-hybridized carbons (Fsp3) is 0.200. The lowest BCUT2D eigenvalue weighted by atomic mass is 9.99. The first-order valence-corrected chi connectivity index (χ1v) is 8.52. The Morgan fingerprint density at radius 2 is 1.86 bits per heavy atom. The Bertz CT molecular complexity index is 758. The van der Waals surface area contributed by atoms with Crippen molar-refractivity contribution in [1.82, 2.24) is 5.32 Å². The van der Waals surface area contributed by atoms with E-state index in [0.29, 0.717) is 10.7 Å². The van der Waals surface area contributed by atoms with Gasteiger partial charge in [0, 0.05) is 11.6 Å². The largest absolute Gasteiger partial charge is 0.312 e. The Morgan fingerprint density at radius 1 is 1.10 bits per heavy atom. The van der Waals surface area contributed by atoms with Gasteiger partial charge in [-0.1, -0.05) is 23.7 Å². The molecule has 1 heterocycles. The van der Waals surface area contributed by atoms with Crippen molar-refractivity contribution in [3.05, 3.63) is 58.6 Å². The summed E-state index contributed by atoms with van der Waals surface area (Å²) in [5.74, 6) is 0. The van der Waals surface area contributed by atoms with Crippen molar-refractivity contribution in [3.63, 3.8) is 0 Å². The molecule has 0 unspecified atom stereocenters. The molecule has 0 saturated heterocycles. The first-order valence-electron chi connectivity index (χ1n) is 6.66. The van der Waals surface area contributed by atoms with Gasteiger partial charge in [-0.25, -0.2) is 8.42 Å². The number of nitrogens with one attached hydrogen (secondary N) is 2. The summed E-state index contributed by atoms with van der Waals surface area (Å²) in [6.07, 6.45) is 0.814. The van der Waals surface area contributed by atoms with Crippen molar-refractivity contribution in [2.24, 2.45) is 0 Å². The molecule has 0 aliphatic carbocycles. The summed E-state index contributed by atoms with van der Waals surface area (Å²) >= 11 is 5.79. The van der Waals surface area contributed by atoms with Gasteiger partial charge in [0.1, 0.15) is 0 Å². The van der Waals surface area contributed by atoms with Crippen LogP contribution in [0.2, 0.25) is 5.02 Å². The van der Waals surface area contributed by atoms with Crippen LogP contribution >= 0.6 is 11.6 Å². The second-order valence-electron chi connectivity index (χ2n) is 4.93. The SMILES string of the molecule is O=S(=O)(Nc1cccc2c1CCNC2)c1ccc(Cl)cc1. The highest BCUT2D eigenvalue weighted by Gasteiger charge is 2.18. The van der Waals surface area contributed by atoms with Crippen LogP contribution in [-0.4, -0.2) is 15.0 Å². The molecule has 0 amide bonds. The third-order valence-electron chi connectivity index (χ3n) is 3.51. The van der Waals surface area contributed by atoms with Crippen molar-refractivity contribution >= 4 is 27.3 Å². The first-order chi connectivity index (χ1) is 10.1. The lowest BCUT2D eigenvalue weighted by Gasteiger charge is -2.21. The van der Waals surface area contributed by atoms with Crippen LogP contribution < -0.4 is 10.0 Å². The average molecular weight is 323 g/mol. The van der Waals surface area contributed by atoms with Gasteiger partial charge in [-0.15, -0.1) is 0 Å². The zero-order chi connectivity index (χ0) is 14.9. The van der Waals surface area contributed by atoms with Crippen LogP contribution in [0, 0.1) is 0 Å². The van der Waals surface area contributed by atoms with Crippen LogP contribution in [0.4, 0.5) is 5.69 Å². The molecule has 1 aliphatic rings. The van der Waals surface area contributed by atoms with E-state index in [1.165, 1.54) is 12.1 Å². The minimum atomic E-state index is -3.59. The van der Waals surface area contributed by atoms with E-state index in [4.69, 9.17) is 11.6 Å². The number of fused-ring (bicyclic) bond motifs is 1. The summed E-state index contributed by atoms with van der Waals surface area (Å²) in [7, 11) is -3.59. The molecule has 6 heteroatoms. The molecule has 4 nitrogen and oxygen atoms in total. The van der Waals surface area contributed by atoms with Crippen molar-refractivity contribution in [2.45, 2.75) is 17.9 Å². The van der Waals surface area contributed by atoms with E-state index in [1.54, 1.807) is 18.2 Å². The Labute approximate surface area is 129 Å². The number of halogens is 1. The van der Waals surface area contributed by atoms with Crippen LogP contribution in [-0.2, 0) is 23.0 Å². The molecule has 2 aromatic carbocycles. The van der Waals surface area contributed by atoms with Crippen molar-refractivity contribution < 1.29 is 8.42 Å². The van der Waals surface area contributed by atoms with Gasteiger partial charge >= 0.3 is 0 Å². The second kappa shape index (κ2) is 5.67. The summed E-state index contributed by atoms with van der Waals surface area (Å²) in [6.45, 7) is 1.62. The third kappa shape index (κ3) is 3.05. The normalized spacial score (nSPS) is 14.5. The fourth-order valence-electron chi connectivity index (χ4n) is 2.44. The fourth-order valence-corrected chi connectivity index (χ4v) is 3.66. The summed E-state index contributed by atoms with van der Waals surface area (Å²) < 4.78 is 27.5. The average Bonchev–Trinajstić information content (AvgIpc) is 2.48. The summed E-state index contributed by atoms with van der Waals surface area (Å²) in [4.78, 5) is 0.207. The molecule has 110 valence electrons. The lowest BCUT2D eigenvalue weighted by Crippen LogP contribution is -2.25. The predicted molar refractivity (Wildman–Crippen MR) is 84.1 cm³/mol. The summed E-state index contributed by atoms with van der Waals surface area (Å²) in [5.41, 5.74) is 2.86. The van der Waals surface area contributed by atoms with Gasteiger partial charge in [0.15, 0.2) is 0 Å². The maximum absolute atomic E-state index is 12.4. The maximum Gasteiger partial charge on any atom is 0.261 e. The molecule has 1 aliphatic heterocycles. The Kier molecular flexibility index (Phi) is 3.89. The van der Waals surface area contributed by atoms with E-state index < -0.39 is 10.0 Å². The Hall–Kier alpha value is -1.56. The zero-order valence-electron chi connectivity index (χ0n) is 11.3. The Morgan fingerprint density at radius 3 is 2.62 bits per heavy atom. The van der Waals surface area contributed by atoms with Gasteiger partial charge in [0.2, 0.25) is 0 Å². The zero-order valence-corrected chi connectivity index (χ0v) is 12.8. The second-order valence-corrected chi connectivity index (χ2v) is 7.05. The third-order valence-corrected chi connectivity index (χ3v) is 5.14. The minimum absolute atomic E-state index is 0.207. The number of benzene rings is 2. The van der Waals surface area contributed by atoms with Gasteiger partial charge < -0.3 is 5.32 Å². The van der Waals surface area contributed by atoms with E-state index in [2.05, 4.69) is 10.0 Å². The molecule has 3 rings (SSSR count). The quantitative estimate of drug-likeness (QED) is 0.913. The van der Waals surface area contributed by atoms with Gasteiger partial charge in [-0.2, -0.15) is 0 Å². The molecule has 2 N–H and O–H groups in total.